The van der Waals surface area contributed by atoms with Gasteiger partial charge in [-0.05, 0) is 36.1 Å². The highest BCUT2D eigenvalue weighted by atomic mass is 16.5. The van der Waals surface area contributed by atoms with Crippen LogP contribution >= 0.6 is 0 Å². The molecule has 0 atom stereocenters. The summed E-state index contributed by atoms with van der Waals surface area (Å²) in [5.74, 6) is -0.115. The van der Waals surface area contributed by atoms with Crippen molar-refractivity contribution in [2.24, 2.45) is 0 Å². The van der Waals surface area contributed by atoms with E-state index in [4.69, 9.17) is 15.6 Å². The van der Waals surface area contributed by atoms with Crippen LogP contribution in [-0.2, 0) is 4.79 Å². The van der Waals surface area contributed by atoms with Crippen LogP contribution in [0.4, 0.5) is 5.69 Å². The molecule has 0 aliphatic heterocycles. The number of carboxylic acid groups (broad SMARTS) is 1. The van der Waals surface area contributed by atoms with Crippen LogP contribution in [0.15, 0.2) is 12.1 Å². The van der Waals surface area contributed by atoms with Gasteiger partial charge in [0.15, 0.2) is 6.61 Å². The topological polar surface area (TPSA) is 72.5 Å². The van der Waals surface area contributed by atoms with E-state index in [1.54, 1.807) is 0 Å². The first kappa shape index (κ1) is 12.4. The molecular formula is C12H17NO3. The zero-order valence-corrected chi connectivity index (χ0v) is 9.78. The molecule has 0 saturated heterocycles. The molecular weight excluding hydrogens is 206 g/mol. The lowest BCUT2D eigenvalue weighted by molar-refractivity contribution is -0.139. The molecule has 88 valence electrons. The summed E-state index contributed by atoms with van der Waals surface area (Å²) < 4.78 is 5.19. The van der Waals surface area contributed by atoms with Crippen LogP contribution in [0.1, 0.15) is 30.9 Å². The van der Waals surface area contributed by atoms with Crippen LogP contribution in [-0.4, -0.2) is 17.7 Å². The number of ether oxygens (including phenoxy) is 1. The van der Waals surface area contributed by atoms with Gasteiger partial charge in [0.25, 0.3) is 0 Å². The molecule has 3 N–H and O–H groups in total. The van der Waals surface area contributed by atoms with Gasteiger partial charge in [-0.25, -0.2) is 4.79 Å². The first-order valence-electron chi connectivity index (χ1n) is 5.16. The minimum atomic E-state index is -0.984. The number of rotatable bonds is 4. The smallest absolute Gasteiger partial charge is 0.341 e. The highest BCUT2D eigenvalue weighted by Gasteiger charge is 2.10. The van der Waals surface area contributed by atoms with E-state index in [0.717, 1.165) is 16.8 Å². The van der Waals surface area contributed by atoms with Crippen molar-refractivity contribution in [1.82, 2.24) is 0 Å². The molecule has 0 fully saturated rings. The first-order chi connectivity index (χ1) is 7.41. The number of hydrogen-bond acceptors (Lipinski definition) is 3. The average Bonchev–Trinajstić information content (AvgIpc) is 2.15. The van der Waals surface area contributed by atoms with Gasteiger partial charge in [0.05, 0.1) is 0 Å². The number of benzene rings is 1. The Balaban J connectivity index is 3.00. The van der Waals surface area contributed by atoms with E-state index in [2.05, 4.69) is 0 Å². The van der Waals surface area contributed by atoms with Crippen LogP contribution < -0.4 is 10.5 Å². The predicted molar refractivity (Wildman–Crippen MR) is 62.8 cm³/mol. The van der Waals surface area contributed by atoms with E-state index in [-0.39, 0.29) is 12.5 Å². The second-order valence-corrected chi connectivity index (χ2v) is 4.08. The highest BCUT2D eigenvalue weighted by molar-refractivity contribution is 5.68. The van der Waals surface area contributed by atoms with Crippen LogP contribution in [0.3, 0.4) is 0 Å². The van der Waals surface area contributed by atoms with Gasteiger partial charge in [0.2, 0.25) is 0 Å². The number of aliphatic carboxylic acids is 1. The molecule has 0 aliphatic carbocycles. The summed E-state index contributed by atoms with van der Waals surface area (Å²) in [4.78, 5) is 10.4. The minimum absolute atomic E-state index is 0.285. The van der Waals surface area contributed by atoms with Crippen molar-refractivity contribution >= 4 is 11.7 Å². The predicted octanol–water partition coefficient (Wildman–Crippen LogP) is 2.16. The van der Waals surface area contributed by atoms with E-state index in [1.807, 2.05) is 32.9 Å². The third-order valence-corrected chi connectivity index (χ3v) is 2.35. The van der Waals surface area contributed by atoms with E-state index >= 15 is 0 Å². The lowest BCUT2D eigenvalue weighted by Gasteiger charge is -2.14. The van der Waals surface area contributed by atoms with Crippen molar-refractivity contribution in [1.29, 1.82) is 0 Å². The molecule has 1 rings (SSSR count). The summed E-state index contributed by atoms with van der Waals surface area (Å²) in [6, 6.07) is 3.63. The molecule has 0 heterocycles. The highest BCUT2D eigenvalue weighted by Crippen LogP contribution is 2.29. The standard InChI is InChI=1S/C12H17NO3/c1-7(2)9-5-11(16-6-12(14)15)8(3)4-10(9)13/h4-5,7H,6,13H2,1-3H3,(H,14,15). The second-order valence-electron chi connectivity index (χ2n) is 4.08. The quantitative estimate of drug-likeness (QED) is 0.767. The lowest BCUT2D eigenvalue weighted by atomic mass is 9.99. The Labute approximate surface area is 95.0 Å². The number of aryl methyl sites for hydroxylation is 1. The van der Waals surface area contributed by atoms with Crippen molar-refractivity contribution < 1.29 is 14.6 Å². The molecule has 4 heteroatoms. The van der Waals surface area contributed by atoms with E-state index in [9.17, 15) is 4.79 Å². The first-order valence-corrected chi connectivity index (χ1v) is 5.16. The number of hydrogen-bond donors (Lipinski definition) is 2. The van der Waals surface area contributed by atoms with Crippen molar-refractivity contribution in [3.8, 4) is 5.75 Å². The number of nitrogen functional groups attached to an aromatic ring is 1. The Hall–Kier alpha value is -1.71. The third kappa shape index (κ3) is 2.89. The Kier molecular flexibility index (Phi) is 3.77. The van der Waals surface area contributed by atoms with Crippen LogP contribution in [0, 0.1) is 6.92 Å². The van der Waals surface area contributed by atoms with Crippen molar-refractivity contribution in [2.75, 3.05) is 12.3 Å². The lowest BCUT2D eigenvalue weighted by Crippen LogP contribution is -2.10. The van der Waals surface area contributed by atoms with Gasteiger partial charge in [-0.15, -0.1) is 0 Å². The average molecular weight is 223 g/mol. The van der Waals surface area contributed by atoms with Gasteiger partial charge in [0.1, 0.15) is 5.75 Å². The van der Waals surface area contributed by atoms with Crippen LogP contribution in [0.2, 0.25) is 0 Å². The van der Waals surface area contributed by atoms with Crippen LogP contribution in [0.5, 0.6) is 5.75 Å². The van der Waals surface area contributed by atoms with Gasteiger partial charge >= 0.3 is 5.97 Å². The molecule has 0 bridgehead atoms. The van der Waals surface area contributed by atoms with Crippen LogP contribution in [0.25, 0.3) is 0 Å². The molecule has 1 aromatic carbocycles. The van der Waals surface area contributed by atoms with Crippen molar-refractivity contribution in [3.05, 3.63) is 23.3 Å². The van der Waals surface area contributed by atoms with Crippen molar-refractivity contribution in [2.45, 2.75) is 26.7 Å². The fourth-order valence-corrected chi connectivity index (χ4v) is 1.52. The fourth-order valence-electron chi connectivity index (χ4n) is 1.52. The molecule has 0 amide bonds. The normalized spacial score (nSPS) is 10.5. The molecule has 0 unspecified atom stereocenters. The monoisotopic (exact) mass is 223 g/mol. The number of carboxylic acids is 1. The number of anilines is 1. The van der Waals surface area contributed by atoms with Gasteiger partial charge in [0, 0.05) is 5.69 Å². The maximum absolute atomic E-state index is 10.4. The van der Waals surface area contributed by atoms with Gasteiger partial charge in [-0.3, -0.25) is 0 Å². The molecule has 0 aliphatic rings. The Morgan fingerprint density at radius 1 is 1.50 bits per heavy atom. The van der Waals surface area contributed by atoms with E-state index in [1.165, 1.54) is 0 Å². The molecule has 4 nitrogen and oxygen atoms in total. The largest absolute Gasteiger partial charge is 0.482 e. The summed E-state index contributed by atoms with van der Waals surface area (Å²) in [5, 5.41) is 8.55. The second kappa shape index (κ2) is 4.88. The fraction of sp³-hybridized carbons (Fsp3) is 0.417. The minimum Gasteiger partial charge on any atom is -0.482 e. The van der Waals surface area contributed by atoms with Gasteiger partial charge in [-0.2, -0.15) is 0 Å². The Morgan fingerprint density at radius 2 is 2.12 bits per heavy atom. The Morgan fingerprint density at radius 3 is 2.62 bits per heavy atom. The van der Waals surface area contributed by atoms with Gasteiger partial charge < -0.3 is 15.6 Å². The molecule has 0 spiro atoms. The van der Waals surface area contributed by atoms with E-state index in [0.29, 0.717) is 5.75 Å². The summed E-state index contributed by atoms with van der Waals surface area (Å²) in [6.45, 7) is 5.57. The Bertz CT molecular complexity index is 399. The zero-order valence-electron chi connectivity index (χ0n) is 9.78. The van der Waals surface area contributed by atoms with Gasteiger partial charge in [-0.1, -0.05) is 13.8 Å². The zero-order chi connectivity index (χ0) is 12.3. The molecule has 0 aromatic heterocycles. The van der Waals surface area contributed by atoms with Crippen molar-refractivity contribution in [3.63, 3.8) is 0 Å². The number of nitrogens with two attached hydrogens (primary N) is 1. The molecule has 0 radical (unpaired) electrons. The molecule has 1 aromatic rings. The van der Waals surface area contributed by atoms with E-state index < -0.39 is 5.97 Å². The maximum atomic E-state index is 10.4. The summed E-state index contributed by atoms with van der Waals surface area (Å²) in [5.41, 5.74) is 8.42. The summed E-state index contributed by atoms with van der Waals surface area (Å²) >= 11 is 0. The summed E-state index contributed by atoms with van der Waals surface area (Å²) in [7, 11) is 0. The number of carbonyl (C=O) groups is 1. The molecule has 0 saturated carbocycles. The summed E-state index contributed by atoms with van der Waals surface area (Å²) in [6.07, 6.45) is 0. The maximum Gasteiger partial charge on any atom is 0.341 e. The SMILES string of the molecule is Cc1cc(N)c(C(C)C)cc1OCC(=O)O. The third-order valence-electron chi connectivity index (χ3n) is 2.35. The molecule has 16 heavy (non-hydrogen) atoms.